The van der Waals surface area contributed by atoms with Crippen molar-refractivity contribution in [2.24, 2.45) is 0 Å². The number of sulfonamides is 1. The summed E-state index contributed by atoms with van der Waals surface area (Å²) in [7, 11) is -3.22. The van der Waals surface area contributed by atoms with Crippen LogP contribution in [0.4, 0.5) is 0 Å². The highest BCUT2D eigenvalue weighted by Gasteiger charge is 2.25. The summed E-state index contributed by atoms with van der Waals surface area (Å²) in [4.78, 5) is 14.3. The lowest BCUT2D eigenvalue weighted by Crippen LogP contribution is -2.37. The van der Waals surface area contributed by atoms with Crippen molar-refractivity contribution in [3.8, 4) is 11.3 Å². The van der Waals surface area contributed by atoms with Crippen LogP contribution in [0.2, 0.25) is 0 Å². The molecule has 24 heavy (non-hydrogen) atoms. The van der Waals surface area contributed by atoms with E-state index in [0.717, 1.165) is 5.56 Å². The molecule has 2 aromatic rings. The van der Waals surface area contributed by atoms with Crippen molar-refractivity contribution in [2.75, 3.05) is 32.4 Å². The van der Waals surface area contributed by atoms with Crippen molar-refractivity contribution < 1.29 is 13.2 Å². The third-order valence-electron chi connectivity index (χ3n) is 4.09. The van der Waals surface area contributed by atoms with E-state index in [0.29, 0.717) is 44.0 Å². The number of amides is 1. The predicted octanol–water partition coefficient (Wildman–Crippen LogP) is 1.18. The molecule has 1 amide bonds. The van der Waals surface area contributed by atoms with Crippen LogP contribution in [0.1, 0.15) is 16.9 Å². The van der Waals surface area contributed by atoms with Crippen LogP contribution in [-0.2, 0) is 10.0 Å². The first-order valence-electron chi connectivity index (χ1n) is 7.80. The molecule has 1 aromatic carbocycles. The van der Waals surface area contributed by atoms with E-state index in [-0.39, 0.29) is 5.91 Å². The maximum Gasteiger partial charge on any atom is 0.271 e. The van der Waals surface area contributed by atoms with Crippen LogP contribution in [0.15, 0.2) is 36.4 Å². The number of nitrogens with one attached hydrogen (secondary N) is 1. The Hall–Kier alpha value is -2.19. The molecular weight excluding hydrogens is 328 g/mol. The maximum absolute atomic E-state index is 12.6. The normalized spacial score (nSPS) is 16.8. The Morgan fingerprint density at radius 3 is 2.58 bits per heavy atom. The Labute approximate surface area is 141 Å². The van der Waals surface area contributed by atoms with Crippen LogP contribution in [0.5, 0.6) is 0 Å². The molecule has 8 heteroatoms. The summed E-state index contributed by atoms with van der Waals surface area (Å²) in [5.41, 5.74) is 2.07. The molecule has 0 spiro atoms. The van der Waals surface area contributed by atoms with Crippen LogP contribution >= 0.6 is 0 Å². The molecule has 0 atom stereocenters. The van der Waals surface area contributed by atoms with Gasteiger partial charge in [-0.2, -0.15) is 5.10 Å². The summed E-state index contributed by atoms with van der Waals surface area (Å²) in [6, 6.07) is 11.4. The number of aromatic amines is 1. The zero-order valence-electron chi connectivity index (χ0n) is 13.5. The predicted molar refractivity (Wildman–Crippen MR) is 91.0 cm³/mol. The SMILES string of the molecule is CS(=O)(=O)N1CCCN(C(=O)c2cc(-c3ccccc3)n[nH]2)CC1. The van der Waals surface area contributed by atoms with Gasteiger partial charge in [0.15, 0.2) is 0 Å². The number of carbonyl (C=O) groups excluding carboxylic acids is 1. The van der Waals surface area contributed by atoms with Crippen molar-refractivity contribution in [2.45, 2.75) is 6.42 Å². The van der Waals surface area contributed by atoms with Gasteiger partial charge in [0, 0.05) is 31.7 Å². The minimum absolute atomic E-state index is 0.153. The van der Waals surface area contributed by atoms with E-state index >= 15 is 0 Å². The second kappa shape index (κ2) is 6.74. The quantitative estimate of drug-likeness (QED) is 0.902. The molecule has 2 heterocycles. The summed E-state index contributed by atoms with van der Waals surface area (Å²) in [5.74, 6) is -0.153. The summed E-state index contributed by atoms with van der Waals surface area (Å²) in [6.07, 6.45) is 1.82. The van der Waals surface area contributed by atoms with Gasteiger partial charge in [0.05, 0.1) is 11.9 Å². The van der Waals surface area contributed by atoms with Gasteiger partial charge >= 0.3 is 0 Å². The van der Waals surface area contributed by atoms with Gasteiger partial charge in [0.2, 0.25) is 10.0 Å². The fourth-order valence-electron chi connectivity index (χ4n) is 2.79. The number of hydrogen-bond acceptors (Lipinski definition) is 4. The second-order valence-electron chi connectivity index (χ2n) is 5.84. The molecule has 1 aliphatic rings. The zero-order valence-corrected chi connectivity index (χ0v) is 14.3. The van der Waals surface area contributed by atoms with Gasteiger partial charge < -0.3 is 4.90 Å². The highest BCUT2D eigenvalue weighted by Crippen LogP contribution is 2.18. The number of aromatic nitrogens is 2. The highest BCUT2D eigenvalue weighted by molar-refractivity contribution is 7.88. The van der Waals surface area contributed by atoms with Gasteiger partial charge in [-0.15, -0.1) is 0 Å². The van der Waals surface area contributed by atoms with E-state index in [4.69, 9.17) is 0 Å². The average molecular weight is 348 g/mol. The molecule has 1 aromatic heterocycles. The molecule has 0 radical (unpaired) electrons. The van der Waals surface area contributed by atoms with E-state index in [2.05, 4.69) is 10.2 Å². The van der Waals surface area contributed by atoms with Crippen molar-refractivity contribution >= 4 is 15.9 Å². The maximum atomic E-state index is 12.6. The van der Waals surface area contributed by atoms with Gasteiger partial charge in [-0.1, -0.05) is 30.3 Å². The first-order chi connectivity index (χ1) is 11.4. The van der Waals surface area contributed by atoms with Gasteiger partial charge in [0.25, 0.3) is 5.91 Å². The summed E-state index contributed by atoms with van der Waals surface area (Å²) < 4.78 is 24.7. The van der Waals surface area contributed by atoms with E-state index in [1.165, 1.54) is 10.6 Å². The molecule has 0 bridgehead atoms. The van der Waals surface area contributed by atoms with Gasteiger partial charge in [0.1, 0.15) is 5.69 Å². The Morgan fingerprint density at radius 1 is 1.12 bits per heavy atom. The molecule has 7 nitrogen and oxygen atoms in total. The van der Waals surface area contributed by atoms with Crippen molar-refractivity contribution in [3.05, 3.63) is 42.1 Å². The Kier molecular flexibility index (Phi) is 4.68. The highest BCUT2D eigenvalue weighted by atomic mass is 32.2. The summed E-state index contributed by atoms with van der Waals surface area (Å²) in [5, 5.41) is 6.99. The molecule has 1 saturated heterocycles. The fraction of sp³-hybridized carbons (Fsp3) is 0.375. The summed E-state index contributed by atoms with van der Waals surface area (Å²) >= 11 is 0. The molecule has 1 fully saturated rings. The molecule has 1 N–H and O–H groups in total. The standard InChI is InChI=1S/C16H20N4O3S/c1-24(22,23)20-9-5-8-19(10-11-20)16(21)15-12-14(17-18-15)13-6-3-2-4-7-13/h2-4,6-7,12H,5,8-11H2,1H3,(H,17,18). The van der Waals surface area contributed by atoms with Crippen molar-refractivity contribution in [1.82, 2.24) is 19.4 Å². The number of nitrogens with zero attached hydrogens (tertiary/aromatic N) is 3. The smallest absolute Gasteiger partial charge is 0.271 e. The fourth-order valence-corrected chi connectivity index (χ4v) is 3.66. The largest absolute Gasteiger partial charge is 0.336 e. The Bertz CT molecular complexity index is 817. The molecule has 3 rings (SSSR count). The molecular formula is C16H20N4O3S. The number of carbonyl (C=O) groups is 1. The number of rotatable bonds is 3. The number of benzene rings is 1. The average Bonchev–Trinajstić information content (AvgIpc) is 2.91. The number of hydrogen-bond donors (Lipinski definition) is 1. The van der Waals surface area contributed by atoms with Crippen LogP contribution in [0.25, 0.3) is 11.3 Å². The molecule has 0 unspecified atom stereocenters. The minimum atomic E-state index is -3.22. The molecule has 1 aliphatic heterocycles. The first-order valence-corrected chi connectivity index (χ1v) is 9.65. The van der Waals surface area contributed by atoms with Crippen LogP contribution in [0.3, 0.4) is 0 Å². The summed E-state index contributed by atoms with van der Waals surface area (Å²) in [6.45, 7) is 1.68. The second-order valence-corrected chi connectivity index (χ2v) is 7.82. The number of H-pyrrole nitrogens is 1. The Balaban J connectivity index is 1.72. The Morgan fingerprint density at radius 2 is 1.88 bits per heavy atom. The lowest BCUT2D eigenvalue weighted by molar-refractivity contribution is 0.0758. The van der Waals surface area contributed by atoms with E-state index in [1.54, 1.807) is 11.0 Å². The van der Waals surface area contributed by atoms with Gasteiger partial charge in [-0.05, 0) is 12.5 Å². The van der Waals surface area contributed by atoms with Gasteiger partial charge in [-0.3, -0.25) is 9.89 Å². The monoisotopic (exact) mass is 348 g/mol. The van der Waals surface area contributed by atoms with E-state index in [1.807, 2.05) is 30.3 Å². The lowest BCUT2D eigenvalue weighted by atomic mass is 10.1. The first kappa shape index (κ1) is 16.7. The van der Waals surface area contributed by atoms with Crippen molar-refractivity contribution in [3.63, 3.8) is 0 Å². The third-order valence-corrected chi connectivity index (χ3v) is 5.39. The van der Waals surface area contributed by atoms with Crippen molar-refractivity contribution in [1.29, 1.82) is 0 Å². The van der Waals surface area contributed by atoms with Crippen LogP contribution in [-0.4, -0.2) is 66.2 Å². The lowest BCUT2D eigenvalue weighted by Gasteiger charge is -2.20. The molecule has 128 valence electrons. The zero-order chi connectivity index (χ0) is 17.2. The topological polar surface area (TPSA) is 86.4 Å². The van der Waals surface area contributed by atoms with Crippen LogP contribution < -0.4 is 0 Å². The third kappa shape index (κ3) is 3.65. The molecule has 0 aliphatic carbocycles. The van der Waals surface area contributed by atoms with Crippen LogP contribution in [0, 0.1) is 0 Å². The molecule has 0 saturated carbocycles. The van der Waals surface area contributed by atoms with Gasteiger partial charge in [-0.25, -0.2) is 12.7 Å². The van der Waals surface area contributed by atoms with E-state index < -0.39 is 10.0 Å². The van der Waals surface area contributed by atoms with E-state index in [9.17, 15) is 13.2 Å². The minimum Gasteiger partial charge on any atom is -0.336 e.